The zero-order valence-corrected chi connectivity index (χ0v) is 18.3. The van der Waals surface area contributed by atoms with E-state index in [0.717, 1.165) is 22.1 Å². The molecule has 1 saturated heterocycles. The van der Waals surface area contributed by atoms with Crippen LogP contribution < -0.4 is 9.64 Å². The van der Waals surface area contributed by atoms with Crippen LogP contribution in [-0.4, -0.2) is 38.9 Å². The van der Waals surface area contributed by atoms with E-state index in [9.17, 15) is 8.42 Å². The summed E-state index contributed by atoms with van der Waals surface area (Å²) in [7, 11) is -1.79. The van der Waals surface area contributed by atoms with Gasteiger partial charge in [-0.25, -0.2) is 13.4 Å². The third-order valence-corrected chi connectivity index (χ3v) is 8.83. The fraction of sp³-hybridized carbons (Fsp3) is 0.286. The summed E-state index contributed by atoms with van der Waals surface area (Å²) in [4.78, 5) is 7.15. The Balaban J connectivity index is 1.48. The van der Waals surface area contributed by atoms with E-state index in [2.05, 4.69) is 4.90 Å². The van der Waals surface area contributed by atoms with Gasteiger partial charge < -0.3 is 9.64 Å². The van der Waals surface area contributed by atoms with Crippen molar-refractivity contribution in [3.63, 3.8) is 0 Å². The number of benzene rings is 2. The predicted molar refractivity (Wildman–Crippen MR) is 118 cm³/mol. The molecule has 0 amide bonds. The lowest BCUT2D eigenvalue weighted by molar-refractivity contribution is 0.416. The minimum atomic E-state index is -3.44. The number of aromatic nitrogens is 1. The number of methoxy groups -OCH3 is 1. The van der Waals surface area contributed by atoms with Gasteiger partial charge in [0.2, 0.25) is 0 Å². The molecule has 0 bridgehead atoms. The molecule has 1 aliphatic heterocycles. The van der Waals surface area contributed by atoms with Crippen LogP contribution in [0.5, 0.6) is 5.75 Å². The number of rotatable bonds is 5. The molecule has 0 spiro atoms. The van der Waals surface area contributed by atoms with E-state index >= 15 is 0 Å². The Morgan fingerprint density at radius 2 is 1.79 bits per heavy atom. The minimum Gasteiger partial charge on any atom is -0.496 e. The second-order valence-corrected chi connectivity index (χ2v) is 10.3. The number of sulfone groups is 1. The van der Waals surface area contributed by atoms with E-state index in [1.807, 2.05) is 29.6 Å². The topological polar surface area (TPSA) is 59.5 Å². The molecule has 2 heterocycles. The largest absolute Gasteiger partial charge is 0.496 e. The molecule has 1 aromatic heterocycles. The van der Waals surface area contributed by atoms with Crippen molar-refractivity contribution in [1.82, 2.24) is 4.98 Å². The van der Waals surface area contributed by atoms with Crippen molar-refractivity contribution in [1.29, 1.82) is 0 Å². The molecule has 8 heteroatoms. The summed E-state index contributed by atoms with van der Waals surface area (Å²) in [6, 6.07) is 14.5. The number of nitrogens with zero attached hydrogens (tertiary/aromatic N) is 2. The molecule has 0 N–H and O–H groups in total. The third-order valence-electron chi connectivity index (χ3n) is 5.17. The molecule has 1 aliphatic rings. The van der Waals surface area contributed by atoms with Crippen LogP contribution in [0.25, 0.3) is 11.3 Å². The Morgan fingerprint density at radius 3 is 2.52 bits per heavy atom. The van der Waals surface area contributed by atoms with Crippen LogP contribution in [0.2, 0.25) is 5.02 Å². The van der Waals surface area contributed by atoms with Crippen LogP contribution in [0.1, 0.15) is 12.8 Å². The second kappa shape index (κ2) is 8.34. The fourth-order valence-electron chi connectivity index (χ4n) is 3.60. The molecule has 152 valence electrons. The maximum Gasteiger partial charge on any atom is 0.185 e. The predicted octanol–water partition coefficient (Wildman–Crippen LogP) is 4.91. The van der Waals surface area contributed by atoms with Gasteiger partial charge in [0.15, 0.2) is 15.0 Å². The van der Waals surface area contributed by atoms with Crippen molar-refractivity contribution in [2.75, 3.05) is 25.1 Å². The SMILES string of the molecule is COc1ccccc1-c1csc(N2CCC(S(=O)(=O)c3ccccc3Cl)CC2)n1. The van der Waals surface area contributed by atoms with Crippen molar-refractivity contribution in [2.24, 2.45) is 0 Å². The van der Waals surface area contributed by atoms with E-state index in [0.29, 0.717) is 25.9 Å². The van der Waals surface area contributed by atoms with Gasteiger partial charge in [0.25, 0.3) is 0 Å². The lowest BCUT2D eigenvalue weighted by Gasteiger charge is -2.31. The molecule has 0 aliphatic carbocycles. The number of hydrogen-bond acceptors (Lipinski definition) is 6. The molecule has 0 unspecified atom stereocenters. The number of thiazole rings is 1. The molecular formula is C21H21ClN2O3S2. The Bertz CT molecular complexity index is 1110. The average molecular weight is 449 g/mol. The maximum atomic E-state index is 13.0. The molecule has 0 saturated carbocycles. The van der Waals surface area contributed by atoms with E-state index in [1.165, 1.54) is 0 Å². The minimum absolute atomic E-state index is 0.229. The molecule has 0 atom stereocenters. The normalized spacial score (nSPS) is 15.4. The van der Waals surface area contributed by atoms with Crippen LogP contribution in [-0.2, 0) is 9.84 Å². The van der Waals surface area contributed by atoms with Gasteiger partial charge in [0, 0.05) is 24.0 Å². The zero-order valence-electron chi connectivity index (χ0n) is 15.9. The molecule has 29 heavy (non-hydrogen) atoms. The first-order valence-corrected chi connectivity index (χ1v) is 12.1. The Labute approximate surface area is 179 Å². The van der Waals surface area contributed by atoms with Gasteiger partial charge in [-0.05, 0) is 37.1 Å². The van der Waals surface area contributed by atoms with Gasteiger partial charge >= 0.3 is 0 Å². The maximum absolute atomic E-state index is 13.0. The standard InChI is InChI=1S/C21H21ClN2O3S2/c1-27-19-8-4-2-6-16(19)18-14-28-21(23-18)24-12-10-15(11-13-24)29(25,26)20-9-5-3-7-17(20)22/h2-9,14-15H,10-13H2,1H3. The molecule has 3 aromatic rings. The van der Waals surface area contributed by atoms with Gasteiger partial charge in [0.1, 0.15) is 5.75 Å². The quantitative estimate of drug-likeness (QED) is 0.554. The summed E-state index contributed by atoms with van der Waals surface area (Å²) < 4.78 is 31.4. The summed E-state index contributed by atoms with van der Waals surface area (Å²) in [5.74, 6) is 0.786. The molecule has 0 radical (unpaired) electrons. The molecule has 2 aromatic carbocycles. The summed E-state index contributed by atoms with van der Waals surface area (Å²) in [6.07, 6.45) is 1.11. The monoisotopic (exact) mass is 448 g/mol. The van der Waals surface area contributed by atoms with E-state index in [-0.39, 0.29) is 9.92 Å². The third kappa shape index (κ3) is 3.99. The van der Waals surface area contributed by atoms with E-state index in [4.69, 9.17) is 21.3 Å². The Hall–Kier alpha value is -2.09. The molecule has 1 fully saturated rings. The Morgan fingerprint density at radius 1 is 1.10 bits per heavy atom. The lowest BCUT2D eigenvalue weighted by atomic mass is 10.1. The van der Waals surface area contributed by atoms with Crippen molar-refractivity contribution in [3.05, 3.63) is 58.9 Å². The highest BCUT2D eigenvalue weighted by Crippen LogP contribution is 2.35. The Kier molecular flexibility index (Phi) is 5.81. The molecular weight excluding hydrogens is 428 g/mol. The zero-order chi connectivity index (χ0) is 20.4. The van der Waals surface area contributed by atoms with Crippen molar-refractivity contribution >= 4 is 37.9 Å². The van der Waals surface area contributed by atoms with Crippen molar-refractivity contribution < 1.29 is 13.2 Å². The van der Waals surface area contributed by atoms with Gasteiger partial charge in [-0.15, -0.1) is 11.3 Å². The summed E-state index contributed by atoms with van der Waals surface area (Å²) in [5.41, 5.74) is 1.82. The van der Waals surface area contributed by atoms with Crippen LogP contribution in [0, 0.1) is 0 Å². The second-order valence-electron chi connectivity index (χ2n) is 6.88. The van der Waals surface area contributed by atoms with Crippen LogP contribution in [0.15, 0.2) is 58.8 Å². The lowest BCUT2D eigenvalue weighted by Crippen LogP contribution is -2.39. The first-order valence-electron chi connectivity index (χ1n) is 9.33. The average Bonchev–Trinajstić information content (AvgIpc) is 3.24. The highest BCUT2D eigenvalue weighted by molar-refractivity contribution is 7.92. The van der Waals surface area contributed by atoms with Crippen molar-refractivity contribution in [2.45, 2.75) is 23.0 Å². The summed E-state index contributed by atoms with van der Waals surface area (Å²) >= 11 is 7.70. The highest BCUT2D eigenvalue weighted by Gasteiger charge is 2.33. The first-order chi connectivity index (χ1) is 14.0. The van der Waals surface area contributed by atoms with E-state index in [1.54, 1.807) is 42.7 Å². The van der Waals surface area contributed by atoms with Gasteiger partial charge in [0.05, 0.1) is 28.0 Å². The number of piperidine rings is 1. The number of anilines is 1. The van der Waals surface area contributed by atoms with Crippen LogP contribution >= 0.6 is 22.9 Å². The van der Waals surface area contributed by atoms with E-state index < -0.39 is 15.1 Å². The number of halogens is 1. The smallest absolute Gasteiger partial charge is 0.185 e. The van der Waals surface area contributed by atoms with Gasteiger partial charge in [-0.2, -0.15) is 0 Å². The number of para-hydroxylation sites is 1. The van der Waals surface area contributed by atoms with Crippen molar-refractivity contribution in [3.8, 4) is 17.0 Å². The van der Waals surface area contributed by atoms with Crippen LogP contribution in [0.4, 0.5) is 5.13 Å². The van der Waals surface area contributed by atoms with Crippen LogP contribution in [0.3, 0.4) is 0 Å². The number of hydrogen-bond donors (Lipinski definition) is 0. The number of ether oxygens (including phenoxy) is 1. The van der Waals surface area contributed by atoms with Gasteiger partial charge in [-0.3, -0.25) is 0 Å². The highest BCUT2D eigenvalue weighted by atomic mass is 35.5. The summed E-state index contributed by atoms with van der Waals surface area (Å²) in [6.45, 7) is 1.29. The first kappa shape index (κ1) is 20.2. The fourth-order valence-corrected chi connectivity index (χ4v) is 6.74. The molecule has 4 rings (SSSR count). The molecule has 5 nitrogen and oxygen atoms in total. The summed E-state index contributed by atoms with van der Waals surface area (Å²) in [5, 5.41) is 2.78. The van der Waals surface area contributed by atoms with Gasteiger partial charge in [-0.1, -0.05) is 35.9 Å².